The Bertz CT molecular complexity index is 205. The lowest BCUT2D eigenvalue weighted by Crippen LogP contribution is -2.40. The first-order valence-electron chi connectivity index (χ1n) is 6.34. The molecule has 1 atom stereocenters. The van der Waals surface area contributed by atoms with Crippen LogP contribution in [0.5, 0.6) is 0 Å². The molecule has 1 aliphatic rings. The molecule has 4 heteroatoms. The van der Waals surface area contributed by atoms with Crippen LogP contribution in [-0.4, -0.2) is 31.7 Å². The van der Waals surface area contributed by atoms with E-state index in [-0.39, 0.29) is 18.6 Å². The van der Waals surface area contributed by atoms with Gasteiger partial charge in [0.2, 0.25) is 5.91 Å². The van der Waals surface area contributed by atoms with E-state index in [1.165, 1.54) is 19.3 Å². The quantitative estimate of drug-likeness (QED) is 0.580. The molecule has 4 nitrogen and oxygen atoms in total. The Balaban J connectivity index is 1.89. The largest absolute Gasteiger partial charge is 0.372 e. The fraction of sp³-hybridized carbons (Fsp3) is 0.917. The summed E-state index contributed by atoms with van der Waals surface area (Å²) in [5, 5.41) is 2.81. The predicted octanol–water partition coefficient (Wildman–Crippen LogP) is 1.05. The van der Waals surface area contributed by atoms with Crippen molar-refractivity contribution in [2.45, 2.75) is 45.1 Å². The van der Waals surface area contributed by atoms with Crippen molar-refractivity contribution in [1.29, 1.82) is 0 Å². The first-order valence-corrected chi connectivity index (χ1v) is 6.34. The molecule has 94 valence electrons. The zero-order valence-electron chi connectivity index (χ0n) is 10.2. The van der Waals surface area contributed by atoms with Crippen LogP contribution in [0.4, 0.5) is 0 Å². The van der Waals surface area contributed by atoms with E-state index in [1.54, 1.807) is 0 Å². The van der Waals surface area contributed by atoms with Gasteiger partial charge in [0.15, 0.2) is 0 Å². The summed E-state index contributed by atoms with van der Waals surface area (Å²) in [6.07, 6.45) is 5.79. The van der Waals surface area contributed by atoms with E-state index in [9.17, 15) is 4.79 Å². The third-order valence-corrected chi connectivity index (χ3v) is 2.89. The van der Waals surface area contributed by atoms with Gasteiger partial charge in [-0.25, -0.2) is 0 Å². The fourth-order valence-corrected chi connectivity index (χ4v) is 1.59. The van der Waals surface area contributed by atoms with E-state index in [1.807, 2.05) is 0 Å². The average molecular weight is 228 g/mol. The van der Waals surface area contributed by atoms with Crippen molar-refractivity contribution in [2.24, 2.45) is 11.7 Å². The van der Waals surface area contributed by atoms with Gasteiger partial charge in [0.1, 0.15) is 6.61 Å². The number of nitrogens with one attached hydrogen (secondary N) is 1. The van der Waals surface area contributed by atoms with Crippen molar-refractivity contribution >= 4 is 5.91 Å². The maximum Gasteiger partial charge on any atom is 0.246 e. The SMILES string of the molecule is CCCCCOCC(=O)NCC(N)C1CC1. The highest BCUT2D eigenvalue weighted by Crippen LogP contribution is 2.31. The molecule has 0 aromatic carbocycles. The molecule has 3 N–H and O–H groups in total. The van der Waals surface area contributed by atoms with Gasteiger partial charge in [0.25, 0.3) is 0 Å². The molecule has 1 aliphatic carbocycles. The van der Waals surface area contributed by atoms with Gasteiger partial charge in [-0.3, -0.25) is 4.79 Å². The highest BCUT2D eigenvalue weighted by atomic mass is 16.5. The molecule has 0 heterocycles. The molecule has 0 spiro atoms. The van der Waals surface area contributed by atoms with E-state index in [0.29, 0.717) is 19.1 Å². The smallest absolute Gasteiger partial charge is 0.246 e. The standard InChI is InChI=1S/C12H24N2O2/c1-2-3-4-7-16-9-12(15)14-8-11(13)10-5-6-10/h10-11H,2-9,13H2,1H3,(H,14,15). The molecule has 16 heavy (non-hydrogen) atoms. The minimum Gasteiger partial charge on any atom is -0.372 e. The molecular weight excluding hydrogens is 204 g/mol. The first kappa shape index (κ1) is 13.5. The van der Waals surface area contributed by atoms with Gasteiger partial charge in [-0.05, 0) is 25.2 Å². The summed E-state index contributed by atoms with van der Waals surface area (Å²) in [7, 11) is 0. The van der Waals surface area contributed by atoms with Crippen LogP contribution in [0.1, 0.15) is 39.0 Å². The van der Waals surface area contributed by atoms with Gasteiger partial charge >= 0.3 is 0 Å². The Morgan fingerprint density at radius 2 is 2.25 bits per heavy atom. The Kier molecular flexibility index (Phi) is 6.42. The van der Waals surface area contributed by atoms with E-state index in [0.717, 1.165) is 12.8 Å². The predicted molar refractivity (Wildman–Crippen MR) is 64.1 cm³/mol. The van der Waals surface area contributed by atoms with Crippen molar-refractivity contribution in [2.75, 3.05) is 19.8 Å². The maximum absolute atomic E-state index is 11.3. The number of carbonyl (C=O) groups excluding carboxylic acids is 1. The molecule has 1 rings (SSSR count). The Hall–Kier alpha value is -0.610. The van der Waals surface area contributed by atoms with E-state index in [2.05, 4.69) is 12.2 Å². The molecule has 0 aromatic heterocycles. The molecule has 1 saturated carbocycles. The number of hydrogen-bond acceptors (Lipinski definition) is 3. The Morgan fingerprint density at radius 3 is 2.88 bits per heavy atom. The van der Waals surface area contributed by atoms with Gasteiger partial charge in [-0.2, -0.15) is 0 Å². The van der Waals surface area contributed by atoms with Crippen LogP contribution in [0.25, 0.3) is 0 Å². The van der Waals surface area contributed by atoms with Gasteiger partial charge in [-0.15, -0.1) is 0 Å². The summed E-state index contributed by atoms with van der Waals surface area (Å²) >= 11 is 0. The number of nitrogens with two attached hydrogens (primary N) is 1. The monoisotopic (exact) mass is 228 g/mol. The highest BCUT2D eigenvalue weighted by molar-refractivity contribution is 5.77. The summed E-state index contributed by atoms with van der Waals surface area (Å²) in [6.45, 7) is 3.57. The first-order chi connectivity index (χ1) is 7.74. The van der Waals surface area contributed by atoms with Crippen LogP contribution in [0.15, 0.2) is 0 Å². The summed E-state index contributed by atoms with van der Waals surface area (Å²) in [5.74, 6) is 0.582. The van der Waals surface area contributed by atoms with Crippen LogP contribution >= 0.6 is 0 Å². The Labute approximate surface area is 97.9 Å². The molecule has 1 fully saturated rings. The lowest BCUT2D eigenvalue weighted by Gasteiger charge is -2.11. The highest BCUT2D eigenvalue weighted by Gasteiger charge is 2.28. The summed E-state index contributed by atoms with van der Waals surface area (Å²) in [6, 6.07) is 0.129. The normalized spacial score (nSPS) is 17.1. The van der Waals surface area contributed by atoms with Crippen LogP contribution < -0.4 is 11.1 Å². The summed E-state index contributed by atoms with van der Waals surface area (Å²) in [4.78, 5) is 11.3. The molecule has 0 aromatic rings. The fourth-order valence-electron chi connectivity index (χ4n) is 1.59. The van der Waals surface area contributed by atoms with Crippen molar-refractivity contribution < 1.29 is 9.53 Å². The van der Waals surface area contributed by atoms with E-state index in [4.69, 9.17) is 10.5 Å². The molecule has 0 bridgehead atoms. The van der Waals surface area contributed by atoms with Crippen molar-refractivity contribution in [3.63, 3.8) is 0 Å². The van der Waals surface area contributed by atoms with Crippen molar-refractivity contribution in [3.05, 3.63) is 0 Å². The van der Waals surface area contributed by atoms with Gasteiger partial charge in [0, 0.05) is 19.2 Å². The second kappa shape index (κ2) is 7.63. The van der Waals surface area contributed by atoms with Crippen LogP contribution in [0.2, 0.25) is 0 Å². The molecule has 1 amide bonds. The molecule has 1 unspecified atom stereocenters. The lowest BCUT2D eigenvalue weighted by atomic mass is 10.2. The molecule has 0 aliphatic heterocycles. The van der Waals surface area contributed by atoms with Crippen molar-refractivity contribution in [1.82, 2.24) is 5.32 Å². The number of ether oxygens (including phenoxy) is 1. The van der Waals surface area contributed by atoms with Crippen LogP contribution in [-0.2, 0) is 9.53 Å². The van der Waals surface area contributed by atoms with Gasteiger partial charge < -0.3 is 15.8 Å². The van der Waals surface area contributed by atoms with Crippen LogP contribution in [0, 0.1) is 5.92 Å². The summed E-state index contributed by atoms with van der Waals surface area (Å²) in [5.41, 5.74) is 5.87. The summed E-state index contributed by atoms with van der Waals surface area (Å²) < 4.78 is 5.25. The minimum atomic E-state index is -0.0485. The van der Waals surface area contributed by atoms with Crippen molar-refractivity contribution in [3.8, 4) is 0 Å². The number of unbranched alkanes of at least 4 members (excludes halogenated alkanes) is 2. The third kappa shape index (κ3) is 6.08. The van der Waals surface area contributed by atoms with Crippen LogP contribution in [0.3, 0.4) is 0 Å². The van der Waals surface area contributed by atoms with E-state index >= 15 is 0 Å². The molecular formula is C12H24N2O2. The number of carbonyl (C=O) groups is 1. The second-order valence-corrected chi connectivity index (χ2v) is 4.57. The van der Waals surface area contributed by atoms with Gasteiger partial charge in [0.05, 0.1) is 0 Å². The molecule has 0 saturated heterocycles. The zero-order chi connectivity index (χ0) is 11.8. The Morgan fingerprint density at radius 1 is 1.50 bits per heavy atom. The number of hydrogen-bond donors (Lipinski definition) is 2. The number of rotatable bonds is 9. The topological polar surface area (TPSA) is 64.3 Å². The third-order valence-electron chi connectivity index (χ3n) is 2.89. The minimum absolute atomic E-state index is 0.0485. The second-order valence-electron chi connectivity index (χ2n) is 4.57. The maximum atomic E-state index is 11.3. The number of amides is 1. The molecule has 0 radical (unpaired) electrons. The van der Waals surface area contributed by atoms with E-state index < -0.39 is 0 Å². The van der Waals surface area contributed by atoms with Gasteiger partial charge in [-0.1, -0.05) is 19.8 Å². The average Bonchev–Trinajstić information content (AvgIpc) is 3.09. The lowest BCUT2D eigenvalue weighted by molar-refractivity contribution is -0.125. The zero-order valence-corrected chi connectivity index (χ0v) is 10.2.